The van der Waals surface area contributed by atoms with Gasteiger partial charge in [0.15, 0.2) is 23.0 Å². The van der Waals surface area contributed by atoms with Gasteiger partial charge in [-0.05, 0) is 48.5 Å². The number of anilines is 4. The van der Waals surface area contributed by atoms with E-state index in [2.05, 4.69) is 0 Å². The highest BCUT2D eigenvalue weighted by molar-refractivity contribution is 6.32. The van der Waals surface area contributed by atoms with Crippen LogP contribution in [0.3, 0.4) is 0 Å². The molecule has 7 rings (SSSR count). The molecule has 0 saturated heterocycles. The van der Waals surface area contributed by atoms with E-state index in [0.29, 0.717) is 0 Å². The first kappa shape index (κ1) is 29.5. The number of imide groups is 4. The van der Waals surface area contributed by atoms with Crippen LogP contribution in [-0.2, 0) is 38.4 Å². The van der Waals surface area contributed by atoms with E-state index >= 15 is 0 Å². The minimum absolute atomic E-state index is 0.0320. The Bertz CT molecular complexity index is 1950. The van der Waals surface area contributed by atoms with E-state index in [4.69, 9.17) is 9.47 Å². The first-order valence-electron chi connectivity index (χ1n) is 14.1. The van der Waals surface area contributed by atoms with Crippen molar-refractivity contribution in [3.05, 3.63) is 109 Å². The van der Waals surface area contributed by atoms with Crippen molar-refractivity contribution in [1.29, 1.82) is 0 Å². The number of carbonyl (C=O) groups is 8. The van der Waals surface area contributed by atoms with Crippen LogP contribution >= 0.6 is 0 Å². The average Bonchev–Trinajstić information content (AvgIpc) is 3.80. The number of nitrogens with zero attached hydrogens (tertiary/aromatic N) is 4. The molecule has 8 amide bonds. The van der Waals surface area contributed by atoms with Gasteiger partial charge in [0.05, 0.1) is 22.7 Å². The van der Waals surface area contributed by atoms with Crippen molar-refractivity contribution in [3.63, 3.8) is 0 Å². The molecule has 0 unspecified atom stereocenters. The lowest BCUT2D eigenvalue weighted by Crippen LogP contribution is -2.32. The maximum atomic E-state index is 12.7. The normalized spacial score (nSPS) is 17.0. The van der Waals surface area contributed by atoms with Gasteiger partial charge in [0, 0.05) is 48.6 Å². The smallest absolute Gasteiger partial charge is 0.258 e. The van der Waals surface area contributed by atoms with Gasteiger partial charge in [0.1, 0.15) is 0 Å². The van der Waals surface area contributed by atoms with Crippen LogP contribution in [0.5, 0.6) is 23.0 Å². The molecule has 3 aromatic carbocycles. The second-order valence-corrected chi connectivity index (χ2v) is 10.3. The summed E-state index contributed by atoms with van der Waals surface area (Å²) in [4.78, 5) is 104. The highest BCUT2D eigenvalue weighted by atomic mass is 16.5. The molecule has 0 saturated carbocycles. The zero-order valence-electron chi connectivity index (χ0n) is 24.3. The summed E-state index contributed by atoms with van der Waals surface area (Å²) in [5.41, 5.74) is 0.0103. The fourth-order valence-corrected chi connectivity index (χ4v) is 5.25. The molecule has 48 heavy (non-hydrogen) atoms. The molecular formula is C34H18N4O10. The summed E-state index contributed by atoms with van der Waals surface area (Å²) >= 11 is 0. The van der Waals surface area contributed by atoms with Crippen molar-refractivity contribution in [2.24, 2.45) is 0 Å². The zero-order valence-corrected chi connectivity index (χ0v) is 24.3. The van der Waals surface area contributed by atoms with E-state index in [1.165, 1.54) is 48.5 Å². The Balaban J connectivity index is 1.27. The van der Waals surface area contributed by atoms with E-state index in [9.17, 15) is 38.4 Å². The Kier molecular flexibility index (Phi) is 6.94. The largest absolute Gasteiger partial charge is 0.451 e. The fourth-order valence-electron chi connectivity index (χ4n) is 5.25. The molecule has 14 heteroatoms. The number of carbonyl (C=O) groups excluding carboxylic acids is 8. The molecule has 4 aliphatic heterocycles. The lowest BCUT2D eigenvalue weighted by molar-refractivity contribution is -0.121. The minimum Gasteiger partial charge on any atom is -0.451 e. The van der Waals surface area contributed by atoms with Gasteiger partial charge in [0.2, 0.25) is 0 Å². The number of para-hydroxylation sites is 2. The lowest BCUT2D eigenvalue weighted by atomic mass is 10.2. The summed E-state index contributed by atoms with van der Waals surface area (Å²) in [6.07, 6.45) is 8.59. The van der Waals surface area contributed by atoms with Crippen molar-refractivity contribution in [2.75, 3.05) is 19.6 Å². The monoisotopic (exact) mass is 642 g/mol. The van der Waals surface area contributed by atoms with Gasteiger partial charge in [-0.3, -0.25) is 38.4 Å². The summed E-state index contributed by atoms with van der Waals surface area (Å²) in [5.74, 6) is -5.17. The zero-order chi connectivity index (χ0) is 33.7. The summed E-state index contributed by atoms with van der Waals surface area (Å²) in [5, 5.41) is 0. The molecule has 0 bridgehead atoms. The van der Waals surface area contributed by atoms with Crippen molar-refractivity contribution < 1.29 is 47.8 Å². The summed E-state index contributed by atoms with van der Waals surface area (Å²) in [6, 6.07) is 14.3. The number of hydrogen-bond donors (Lipinski definition) is 0. The van der Waals surface area contributed by atoms with E-state index in [0.717, 1.165) is 68.2 Å². The minimum atomic E-state index is -0.688. The molecule has 14 nitrogen and oxygen atoms in total. The summed E-state index contributed by atoms with van der Waals surface area (Å²) in [7, 11) is 0. The molecule has 4 aliphatic rings. The Hall–Kier alpha value is -7.22. The number of amides is 8. The maximum Gasteiger partial charge on any atom is 0.258 e. The first-order valence-corrected chi connectivity index (χ1v) is 14.1. The lowest BCUT2D eigenvalue weighted by Gasteiger charge is -2.23. The molecule has 3 aromatic rings. The van der Waals surface area contributed by atoms with Crippen molar-refractivity contribution in [2.45, 2.75) is 0 Å². The van der Waals surface area contributed by atoms with Gasteiger partial charge in [0.25, 0.3) is 47.3 Å². The van der Waals surface area contributed by atoms with Crippen molar-refractivity contribution >= 4 is 70.0 Å². The average molecular weight is 643 g/mol. The Morgan fingerprint density at radius 1 is 0.333 bits per heavy atom. The molecular weight excluding hydrogens is 624 g/mol. The van der Waals surface area contributed by atoms with Crippen LogP contribution in [0.25, 0.3) is 0 Å². The number of rotatable bonds is 8. The van der Waals surface area contributed by atoms with Gasteiger partial charge >= 0.3 is 0 Å². The summed E-state index contributed by atoms with van der Waals surface area (Å²) < 4.78 is 12.3. The molecule has 0 aliphatic carbocycles. The molecule has 234 valence electrons. The first-order chi connectivity index (χ1) is 23.1. The number of benzene rings is 3. The predicted molar refractivity (Wildman–Crippen MR) is 166 cm³/mol. The quantitative estimate of drug-likeness (QED) is 0.333. The van der Waals surface area contributed by atoms with E-state index in [1.807, 2.05) is 0 Å². The van der Waals surface area contributed by atoms with E-state index in [1.54, 1.807) is 12.1 Å². The van der Waals surface area contributed by atoms with Crippen LogP contribution in [0.2, 0.25) is 0 Å². The maximum absolute atomic E-state index is 12.7. The van der Waals surface area contributed by atoms with Crippen LogP contribution in [0.15, 0.2) is 109 Å². The van der Waals surface area contributed by atoms with Crippen LogP contribution in [0, 0.1) is 0 Å². The topological polar surface area (TPSA) is 168 Å². The number of ether oxygens (including phenoxy) is 2. The van der Waals surface area contributed by atoms with Crippen LogP contribution in [-0.4, -0.2) is 47.3 Å². The third kappa shape index (κ3) is 4.95. The molecule has 0 N–H and O–H groups in total. The third-order valence-corrected chi connectivity index (χ3v) is 7.41. The standard InChI is InChI=1S/C34H18N4O10/c39-27-9-10-28(40)35(27)19-5-7-23(21(17-19)37-31(43)13-14-32(37)44)47-25-3-1-2-4-26(25)48-24-8-6-20(36-29(41)11-12-30(36)42)18-22(24)38-33(45)15-16-34(38)46/h1-18H. The van der Waals surface area contributed by atoms with Crippen LogP contribution < -0.4 is 29.1 Å². The van der Waals surface area contributed by atoms with Gasteiger partial charge in [-0.25, -0.2) is 19.6 Å². The van der Waals surface area contributed by atoms with Gasteiger partial charge in [-0.15, -0.1) is 0 Å². The molecule has 4 heterocycles. The second-order valence-electron chi connectivity index (χ2n) is 10.3. The SMILES string of the molecule is O=C1C=CC(=O)N1c1ccc(Oc2ccccc2Oc2ccc(N3C(=O)C=CC3=O)cc2N2C(=O)C=CC2=O)c(N2C(=O)C=CC2=O)c1. The fraction of sp³-hybridized carbons (Fsp3) is 0. The predicted octanol–water partition coefficient (Wildman–Crippen LogP) is 2.99. The van der Waals surface area contributed by atoms with E-state index < -0.39 is 47.3 Å². The Morgan fingerprint density at radius 2 is 0.625 bits per heavy atom. The molecule has 0 atom stereocenters. The third-order valence-electron chi connectivity index (χ3n) is 7.41. The molecule has 0 fully saturated rings. The van der Waals surface area contributed by atoms with Gasteiger partial charge in [-0.1, -0.05) is 12.1 Å². The Morgan fingerprint density at radius 3 is 0.938 bits per heavy atom. The highest BCUT2D eigenvalue weighted by Crippen LogP contribution is 2.44. The van der Waals surface area contributed by atoms with Crippen molar-refractivity contribution in [1.82, 2.24) is 0 Å². The molecule has 0 spiro atoms. The second kappa shape index (κ2) is 11.3. The highest BCUT2D eigenvalue weighted by Gasteiger charge is 2.34. The Labute approximate surface area is 269 Å². The van der Waals surface area contributed by atoms with Gasteiger partial charge in [-0.2, -0.15) is 0 Å². The van der Waals surface area contributed by atoms with E-state index in [-0.39, 0.29) is 45.7 Å². The van der Waals surface area contributed by atoms with Crippen molar-refractivity contribution in [3.8, 4) is 23.0 Å². The summed E-state index contributed by atoms with van der Waals surface area (Å²) in [6.45, 7) is 0. The van der Waals surface area contributed by atoms with Crippen LogP contribution in [0.1, 0.15) is 0 Å². The molecule has 0 radical (unpaired) electrons. The van der Waals surface area contributed by atoms with Gasteiger partial charge < -0.3 is 9.47 Å². The number of hydrogen-bond acceptors (Lipinski definition) is 10. The molecule has 0 aromatic heterocycles. The van der Waals surface area contributed by atoms with Crippen LogP contribution in [0.4, 0.5) is 22.7 Å².